The van der Waals surface area contributed by atoms with Crippen LogP contribution >= 0.6 is 24.0 Å². The first-order chi connectivity index (χ1) is 12.1. The molecule has 0 spiro atoms. The number of likely N-dealkylation sites (tertiary alicyclic amines) is 1. The van der Waals surface area contributed by atoms with E-state index in [1.165, 1.54) is 25.5 Å². The summed E-state index contributed by atoms with van der Waals surface area (Å²) in [5.74, 6) is 0.633. The summed E-state index contributed by atoms with van der Waals surface area (Å²) in [5.41, 5.74) is 1.59. The highest BCUT2D eigenvalue weighted by atomic mass is 127. The van der Waals surface area contributed by atoms with Crippen LogP contribution in [0.5, 0.6) is 0 Å². The van der Waals surface area contributed by atoms with E-state index in [-0.39, 0.29) is 36.4 Å². The summed E-state index contributed by atoms with van der Waals surface area (Å²) < 4.78 is 18.8. The number of guanidine groups is 1. The molecule has 0 aliphatic carbocycles. The molecule has 1 fully saturated rings. The van der Waals surface area contributed by atoms with Crippen molar-refractivity contribution < 1.29 is 9.13 Å². The van der Waals surface area contributed by atoms with Crippen LogP contribution in [0.2, 0.25) is 0 Å². The highest BCUT2D eigenvalue weighted by Crippen LogP contribution is 2.17. The van der Waals surface area contributed by atoms with Gasteiger partial charge in [-0.25, -0.2) is 4.39 Å². The van der Waals surface area contributed by atoms with Crippen molar-refractivity contribution in [2.45, 2.75) is 39.0 Å². The molecule has 1 heterocycles. The number of hydrogen-bond donors (Lipinski definition) is 1. The van der Waals surface area contributed by atoms with Crippen molar-refractivity contribution >= 4 is 29.9 Å². The fraction of sp³-hybridized carbons (Fsp3) is 0.632. The molecule has 0 aromatic heterocycles. The van der Waals surface area contributed by atoms with Gasteiger partial charge in [0.05, 0.1) is 6.61 Å². The van der Waals surface area contributed by atoms with Crippen molar-refractivity contribution in [3.05, 3.63) is 35.1 Å². The summed E-state index contributed by atoms with van der Waals surface area (Å²) in [6, 6.07) is 5.72. The zero-order chi connectivity index (χ0) is 18.2. The molecule has 1 aliphatic rings. The number of ether oxygens (including phenoxy) is 1. The van der Waals surface area contributed by atoms with Gasteiger partial charge in [-0.1, -0.05) is 13.0 Å². The van der Waals surface area contributed by atoms with Gasteiger partial charge in [-0.15, -0.1) is 24.0 Å². The van der Waals surface area contributed by atoms with Gasteiger partial charge in [-0.2, -0.15) is 0 Å². The Morgan fingerprint density at radius 3 is 2.88 bits per heavy atom. The van der Waals surface area contributed by atoms with E-state index in [0.29, 0.717) is 18.2 Å². The predicted molar refractivity (Wildman–Crippen MR) is 116 cm³/mol. The van der Waals surface area contributed by atoms with Gasteiger partial charge in [-0.3, -0.25) is 9.89 Å². The summed E-state index contributed by atoms with van der Waals surface area (Å²) in [7, 11) is 5.44. The van der Waals surface area contributed by atoms with E-state index < -0.39 is 0 Å². The van der Waals surface area contributed by atoms with Gasteiger partial charge in [0.2, 0.25) is 0 Å². The number of likely N-dealkylation sites (N-methyl/N-ethyl adjacent to an activating group) is 2. The van der Waals surface area contributed by atoms with Gasteiger partial charge in [0.15, 0.2) is 5.96 Å². The Balaban J connectivity index is 0.00000338. The van der Waals surface area contributed by atoms with Crippen LogP contribution < -0.4 is 5.32 Å². The molecular weight excluding hydrogens is 446 g/mol. The number of benzene rings is 1. The first kappa shape index (κ1) is 23.1. The van der Waals surface area contributed by atoms with Crippen LogP contribution in [0.25, 0.3) is 0 Å². The number of halogens is 2. The molecule has 0 bridgehead atoms. The number of hydrogen-bond acceptors (Lipinski definition) is 3. The second-order valence-electron chi connectivity index (χ2n) is 6.56. The first-order valence-corrected chi connectivity index (χ1v) is 9.01. The van der Waals surface area contributed by atoms with Crippen LogP contribution in [-0.2, 0) is 17.9 Å². The van der Waals surface area contributed by atoms with Crippen LogP contribution in [0.3, 0.4) is 0 Å². The van der Waals surface area contributed by atoms with Crippen LogP contribution in [0.15, 0.2) is 23.2 Å². The molecule has 1 N–H and O–H groups in total. The third kappa shape index (κ3) is 6.35. The Labute approximate surface area is 174 Å². The number of methoxy groups -OCH3 is 1. The Bertz CT molecular complexity index is 585. The van der Waals surface area contributed by atoms with E-state index in [1.807, 2.05) is 6.07 Å². The normalized spacial score (nSPS) is 17.9. The molecule has 148 valence electrons. The second kappa shape index (κ2) is 11.7. The average Bonchev–Trinajstić information content (AvgIpc) is 3.05. The molecule has 1 aliphatic heterocycles. The maximum atomic E-state index is 13.7. The smallest absolute Gasteiger partial charge is 0.193 e. The molecule has 1 saturated heterocycles. The minimum absolute atomic E-state index is 0. The lowest BCUT2D eigenvalue weighted by Crippen LogP contribution is -2.45. The largest absolute Gasteiger partial charge is 0.380 e. The Morgan fingerprint density at radius 1 is 1.46 bits per heavy atom. The van der Waals surface area contributed by atoms with Gasteiger partial charge in [0.25, 0.3) is 0 Å². The molecule has 2 rings (SSSR count). The topological polar surface area (TPSA) is 40.1 Å². The third-order valence-corrected chi connectivity index (χ3v) is 4.82. The van der Waals surface area contributed by atoms with Gasteiger partial charge in [0, 0.05) is 45.9 Å². The van der Waals surface area contributed by atoms with Gasteiger partial charge in [0.1, 0.15) is 5.82 Å². The van der Waals surface area contributed by atoms with Crippen molar-refractivity contribution in [2.24, 2.45) is 4.99 Å². The Hall–Kier alpha value is -0.930. The average molecular weight is 478 g/mol. The highest BCUT2D eigenvalue weighted by Gasteiger charge is 2.24. The third-order valence-electron chi connectivity index (χ3n) is 4.82. The standard InChI is InChI=1S/C19H31FN4O.HI/c1-5-24-10-6-7-17(24)13-23(3)19(21-2)22-12-15-8-9-18(20)16(11-15)14-25-4;/h8-9,11,17H,5-7,10,12-14H2,1-4H3,(H,21,22);1H. The van der Waals surface area contributed by atoms with E-state index in [0.717, 1.165) is 24.6 Å². The minimum atomic E-state index is -0.229. The lowest BCUT2D eigenvalue weighted by molar-refractivity contribution is 0.181. The molecular formula is C19H32FIN4O. The summed E-state index contributed by atoms with van der Waals surface area (Å²) in [4.78, 5) is 9.09. The quantitative estimate of drug-likeness (QED) is 0.372. The molecule has 26 heavy (non-hydrogen) atoms. The van der Waals surface area contributed by atoms with Crippen molar-refractivity contribution in [3.63, 3.8) is 0 Å². The van der Waals surface area contributed by atoms with E-state index in [9.17, 15) is 4.39 Å². The van der Waals surface area contributed by atoms with Gasteiger partial charge >= 0.3 is 0 Å². The van der Waals surface area contributed by atoms with E-state index in [4.69, 9.17) is 4.74 Å². The maximum Gasteiger partial charge on any atom is 0.193 e. The van der Waals surface area contributed by atoms with Crippen molar-refractivity contribution in [3.8, 4) is 0 Å². The van der Waals surface area contributed by atoms with Crippen LogP contribution in [0, 0.1) is 5.82 Å². The highest BCUT2D eigenvalue weighted by molar-refractivity contribution is 14.0. The number of nitrogens with one attached hydrogen (secondary N) is 1. The molecule has 0 saturated carbocycles. The maximum absolute atomic E-state index is 13.7. The fourth-order valence-electron chi connectivity index (χ4n) is 3.49. The van der Waals surface area contributed by atoms with Crippen molar-refractivity contribution in [1.82, 2.24) is 15.1 Å². The molecule has 1 atom stereocenters. The molecule has 1 aromatic carbocycles. The zero-order valence-corrected chi connectivity index (χ0v) is 18.6. The summed E-state index contributed by atoms with van der Waals surface area (Å²) in [6.45, 7) is 6.36. The Kier molecular flexibility index (Phi) is 10.4. The lowest BCUT2D eigenvalue weighted by Gasteiger charge is -2.29. The van der Waals surface area contributed by atoms with E-state index >= 15 is 0 Å². The predicted octanol–water partition coefficient (Wildman–Crippen LogP) is 3.08. The van der Waals surface area contributed by atoms with Gasteiger partial charge in [-0.05, 0) is 43.6 Å². The SMILES string of the molecule is CCN1CCCC1CN(C)C(=NC)NCc1ccc(F)c(COC)c1.I. The van der Waals surface area contributed by atoms with Crippen LogP contribution in [0.1, 0.15) is 30.9 Å². The summed E-state index contributed by atoms with van der Waals surface area (Å²) in [5, 5.41) is 3.38. The molecule has 1 unspecified atom stereocenters. The summed E-state index contributed by atoms with van der Waals surface area (Å²) in [6.07, 6.45) is 2.52. The van der Waals surface area contributed by atoms with E-state index in [1.54, 1.807) is 20.2 Å². The number of aliphatic imine (C=N–C) groups is 1. The molecule has 5 nitrogen and oxygen atoms in total. The fourth-order valence-corrected chi connectivity index (χ4v) is 3.49. The number of rotatable bonds is 7. The molecule has 0 radical (unpaired) electrons. The molecule has 7 heteroatoms. The van der Waals surface area contributed by atoms with E-state index in [2.05, 4.69) is 34.1 Å². The monoisotopic (exact) mass is 478 g/mol. The lowest BCUT2D eigenvalue weighted by atomic mass is 10.1. The van der Waals surface area contributed by atoms with Crippen molar-refractivity contribution in [1.29, 1.82) is 0 Å². The minimum Gasteiger partial charge on any atom is -0.380 e. The van der Waals surface area contributed by atoms with Crippen LogP contribution in [0.4, 0.5) is 4.39 Å². The van der Waals surface area contributed by atoms with Crippen molar-refractivity contribution in [2.75, 3.05) is 40.8 Å². The summed E-state index contributed by atoms with van der Waals surface area (Å²) >= 11 is 0. The Morgan fingerprint density at radius 2 is 2.23 bits per heavy atom. The first-order valence-electron chi connectivity index (χ1n) is 9.01. The second-order valence-corrected chi connectivity index (χ2v) is 6.56. The van der Waals surface area contributed by atoms with Crippen LogP contribution in [-0.4, -0.2) is 62.6 Å². The number of nitrogens with zero attached hydrogens (tertiary/aromatic N) is 3. The zero-order valence-electron chi connectivity index (χ0n) is 16.3. The van der Waals surface area contributed by atoms with Gasteiger partial charge < -0.3 is 15.0 Å². The molecule has 1 aromatic rings. The molecule has 0 amide bonds.